The average Bonchev–Trinajstić information content (AvgIpc) is 2.69. The van der Waals surface area contributed by atoms with E-state index in [0.29, 0.717) is 0 Å². The van der Waals surface area contributed by atoms with Gasteiger partial charge in [-0.15, -0.1) is 0 Å². The van der Waals surface area contributed by atoms with E-state index >= 15 is 0 Å². The largest absolute Gasteiger partial charge is 0.456 e. The van der Waals surface area contributed by atoms with E-state index in [1.165, 1.54) is 44.5 Å². The Morgan fingerprint density at radius 1 is 0.839 bits per heavy atom. The summed E-state index contributed by atoms with van der Waals surface area (Å²) in [5.41, 5.74) is 12.2. The van der Waals surface area contributed by atoms with Gasteiger partial charge in [0.05, 0.1) is 5.54 Å². The Bertz CT molecular complexity index is 1270. The van der Waals surface area contributed by atoms with Gasteiger partial charge in [0.25, 0.3) is 0 Å². The van der Waals surface area contributed by atoms with Crippen LogP contribution in [-0.4, -0.2) is 5.54 Å². The van der Waals surface area contributed by atoms with E-state index in [-0.39, 0.29) is 5.54 Å². The van der Waals surface area contributed by atoms with Crippen LogP contribution in [0.25, 0.3) is 28.5 Å². The van der Waals surface area contributed by atoms with Crippen LogP contribution >= 0.6 is 0 Å². The summed E-state index contributed by atoms with van der Waals surface area (Å²) in [6, 6.07) is 17.3. The van der Waals surface area contributed by atoms with Crippen molar-refractivity contribution in [3.05, 3.63) is 88.0 Å². The minimum Gasteiger partial charge on any atom is -0.456 e. The number of aryl methyl sites for hydroxylation is 3. The molecule has 0 aliphatic carbocycles. The van der Waals surface area contributed by atoms with Gasteiger partial charge in [-0.2, -0.15) is 0 Å². The molecule has 0 atom stereocenters. The number of hydrogen-bond acceptors (Lipinski definition) is 2. The van der Waals surface area contributed by atoms with E-state index in [1.54, 1.807) is 0 Å². The van der Waals surface area contributed by atoms with Crippen LogP contribution in [0.1, 0.15) is 54.2 Å². The van der Waals surface area contributed by atoms with Crippen molar-refractivity contribution in [3.63, 3.8) is 0 Å². The monoisotopic (exact) mass is 407 g/mol. The van der Waals surface area contributed by atoms with E-state index < -0.39 is 0 Å². The van der Waals surface area contributed by atoms with Gasteiger partial charge in [0.1, 0.15) is 11.5 Å². The number of anilines is 1. The molecule has 5 rings (SSSR count). The highest BCUT2D eigenvalue weighted by molar-refractivity contribution is 6.00. The van der Waals surface area contributed by atoms with Crippen molar-refractivity contribution in [1.82, 2.24) is 0 Å². The highest BCUT2D eigenvalue weighted by Gasteiger charge is 2.31. The summed E-state index contributed by atoms with van der Waals surface area (Å²) in [7, 11) is 0. The molecule has 2 heterocycles. The lowest BCUT2D eigenvalue weighted by Crippen LogP contribution is -2.32. The predicted octanol–water partition coefficient (Wildman–Crippen LogP) is 7.78. The van der Waals surface area contributed by atoms with Crippen molar-refractivity contribution in [3.8, 4) is 16.9 Å². The number of fused-ring (bicyclic) bond motifs is 5. The van der Waals surface area contributed by atoms with E-state index in [2.05, 4.69) is 101 Å². The second-order valence-corrected chi connectivity index (χ2v) is 9.50. The van der Waals surface area contributed by atoms with Gasteiger partial charge in [0.15, 0.2) is 0 Å². The zero-order valence-electron chi connectivity index (χ0n) is 19.2. The van der Waals surface area contributed by atoms with Crippen LogP contribution < -0.4 is 10.1 Å². The minimum atomic E-state index is -0.0766. The molecule has 1 N–H and O–H groups in total. The van der Waals surface area contributed by atoms with Crippen molar-refractivity contribution in [2.75, 3.05) is 5.32 Å². The zero-order valence-corrected chi connectivity index (χ0v) is 19.2. The molecule has 0 amide bonds. The molecule has 0 fully saturated rings. The van der Waals surface area contributed by atoms with Gasteiger partial charge in [0.2, 0.25) is 0 Å². The SMILES string of the molecule is CC1=CC(C)(C)Nc2ccc3c(c21)C(=Cc1c(C)cc(C)cc1C)Oc1ccccc1-3. The number of hydrogen-bond donors (Lipinski definition) is 1. The summed E-state index contributed by atoms with van der Waals surface area (Å²) in [5, 5.41) is 3.70. The molecule has 0 saturated heterocycles. The summed E-state index contributed by atoms with van der Waals surface area (Å²) >= 11 is 0. The molecule has 2 aliphatic rings. The lowest BCUT2D eigenvalue weighted by Gasteiger charge is -2.35. The molecule has 156 valence electrons. The third-order valence-corrected chi connectivity index (χ3v) is 6.29. The highest BCUT2D eigenvalue weighted by atomic mass is 16.5. The molecule has 0 radical (unpaired) electrons. The Kier molecular flexibility index (Phi) is 4.37. The summed E-state index contributed by atoms with van der Waals surface area (Å²) in [5.74, 6) is 1.82. The molecular formula is C29H29NO. The Hall–Kier alpha value is -3.26. The molecule has 31 heavy (non-hydrogen) atoms. The van der Waals surface area contributed by atoms with Crippen molar-refractivity contribution < 1.29 is 4.74 Å². The molecule has 0 bridgehead atoms. The highest BCUT2D eigenvalue weighted by Crippen LogP contribution is 2.49. The minimum absolute atomic E-state index is 0.0766. The number of allylic oxidation sites excluding steroid dienone is 1. The van der Waals surface area contributed by atoms with E-state index in [4.69, 9.17) is 4.74 Å². The predicted molar refractivity (Wildman–Crippen MR) is 132 cm³/mol. The number of rotatable bonds is 1. The molecule has 0 unspecified atom stereocenters. The molecule has 3 aromatic rings. The first-order chi connectivity index (χ1) is 14.7. The normalized spacial score (nSPS) is 17.1. The maximum atomic E-state index is 6.58. The van der Waals surface area contributed by atoms with Crippen LogP contribution in [0, 0.1) is 20.8 Å². The van der Waals surface area contributed by atoms with Crippen molar-refractivity contribution >= 4 is 23.1 Å². The van der Waals surface area contributed by atoms with Gasteiger partial charge in [-0.05, 0) is 87.6 Å². The fourth-order valence-corrected chi connectivity index (χ4v) is 5.19. The third-order valence-electron chi connectivity index (χ3n) is 6.29. The molecule has 2 nitrogen and oxygen atoms in total. The second kappa shape index (κ2) is 6.88. The number of nitrogens with one attached hydrogen (secondary N) is 1. The van der Waals surface area contributed by atoms with Crippen LogP contribution in [0.5, 0.6) is 5.75 Å². The fourth-order valence-electron chi connectivity index (χ4n) is 5.19. The Balaban J connectivity index is 1.82. The zero-order chi connectivity index (χ0) is 21.9. The first kappa shape index (κ1) is 19.7. The van der Waals surface area contributed by atoms with Gasteiger partial charge in [-0.25, -0.2) is 0 Å². The summed E-state index contributed by atoms with van der Waals surface area (Å²) in [4.78, 5) is 0. The summed E-state index contributed by atoms with van der Waals surface area (Å²) in [6.07, 6.45) is 4.54. The lowest BCUT2D eigenvalue weighted by molar-refractivity contribution is 0.514. The van der Waals surface area contributed by atoms with Crippen LogP contribution in [0.4, 0.5) is 5.69 Å². The van der Waals surface area contributed by atoms with E-state index in [9.17, 15) is 0 Å². The third kappa shape index (κ3) is 3.27. The van der Waals surface area contributed by atoms with Crippen LogP contribution in [0.15, 0.2) is 54.6 Å². The number of ether oxygens (including phenoxy) is 1. The van der Waals surface area contributed by atoms with Gasteiger partial charge in [-0.1, -0.05) is 48.0 Å². The molecule has 2 heteroatoms. The van der Waals surface area contributed by atoms with Gasteiger partial charge < -0.3 is 10.1 Å². The van der Waals surface area contributed by atoms with Crippen LogP contribution in [0.2, 0.25) is 0 Å². The van der Waals surface area contributed by atoms with Gasteiger partial charge in [0, 0.05) is 22.4 Å². The molecular weight excluding hydrogens is 378 g/mol. The molecule has 0 aromatic heterocycles. The number of para-hydroxylation sites is 1. The summed E-state index contributed by atoms with van der Waals surface area (Å²) in [6.45, 7) is 13.1. The Morgan fingerprint density at radius 3 is 2.29 bits per heavy atom. The average molecular weight is 408 g/mol. The first-order valence-corrected chi connectivity index (χ1v) is 11.0. The Morgan fingerprint density at radius 2 is 1.55 bits per heavy atom. The van der Waals surface area contributed by atoms with Gasteiger partial charge in [-0.3, -0.25) is 0 Å². The number of benzene rings is 3. The second-order valence-electron chi connectivity index (χ2n) is 9.50. The smallest absolute Gasteiger partial charge is 0.136 e. The first-order valence-electron chi connectivity index (χ1n) is 11.0. The van der Waals surface area contributed by atoms with Crippen LogP contribution in [-0.2, 0) is 0 Å². The standard InChI is InChI=1S/C29H29NO/c1-17-13-18(2)23(19(3)14-17)15-26-28-22(21-9-7-8-10-25(21)31-26)11-12-24-27(28)20(4)16-29(5,6)30-24/h7-16,30H,1-6H3. The van der Waals surface area contributed by atoms with E-state index in [1.807, 2.05) is 6.07 Å². The molecule has 2 aliphatic heterocycles. The quantitative estimate of drug-likeness (QED) is 0.445. The van der Waals surface area contributed by atoms with Crippen molar-refractivity contribution in [2.24, 2.45) is 0 Å². The molecule has 3 aromatic carbocycles. The van der Waals surface area contributed by atoms with E-state index in [0.717, 1.165) is 22.8 Å². The van der Waals surface area contributed by atoms with Crippen molar-refractivity contribution in [2.45, 2.75) is 47.1 Å². The maximum absolute atomic E-state index is 6.58. The maximum Gasteiger partial charge on any atom is 0.136 e. The molecule has 0 spiro atoms. The fraction of sp³-hybridized carbons (Fsp3) is 0.241. The lowest BCUT2D eigenvalue weighted by atomic mass is 9.83. The van der Waals surface area contributed by atoms with Crippen LogP contribution in [0.3, 0.4) is 0 Å². The molecule has 0 saturated carbocycles. The summed E-state index contributed by atoms with van der Waals surface area (Å²) < 4.78 is 6.58. The topological polar surface area (TPSA) is 21.3 Å². The van der Waals surface area contributed by atoms with Gasteiger partial charge >= 0.3 is 0 Å². The Labute approximate surface area is 185 Å². The van der Waals surface area contributed by atoms with Crippen molar-refractivity contribution in [1.29, 1.82) is 0 Å².